The van der Waals surface area contributed by atoms with Crippen molar-refractivity contribution in [2.45, 2.75) is 12.4 Å². The monoisotopic (exact) mass is 279 g/mol. The Morgan fingerprint density at radius 3 is 2.78 bits per heavy atom. The topological polar surface area (TPSA) is 41.8 Å². The summed E-state index contributed by atoms with van der Waals surface area (Å²) in [6.45, 7) is 1.57. The molecule has 1 rings (SSSR count). The first kappa shape index (κ1) is 14.7. The Hall–Kier alpha value is -1.37. The molecular weight excluding hydrogens is 267 g/mol. The molecule has 100 valence electrons. The van der Waals surface area contributed by atoms with Gasteiger partial charge in [-0.1, -0.05) is 17.3 Å². The van der Waals surface area contributed by atoms with E-state index < -0.39 is 5.51 Å². The zero-order chi connectivity index (χ0) is 13.6. The summed E-state index contributed by atoms with van der Waals surface area (Å²) in [7, 11) is 0. The van der Waals surface area contributed by atoms with Crippen molar-refractivity contribution >= 4 is 17.5 Å². The molecule has 0 aliphatic heterocycles. The smallest absolute Gasteiger partial charge is 0.441 e. The number of ether oxygens (including phenoxy) is 1. The van der Waals surface area contributed by atoms with E-state index in [0.717, 1.165) is 0 Å². The van der Waals surface area contributed by atoms with Crippen LogP contribution in [0.5, 0.6) is 5.75 Å². The highest BCUT2D eigenvalue weighted by Crippen LogP contribution is 2.29. The Morgan fingerprint density at radius 1 is 1.44 bits per heavy atom. The van der Waals surface area contributed by atoms with Gasteiger partial charge in [-0.15, -0.1) is 0 Å². The summed E-state index contributed by atoms with van der Waals surface area (Å²) in [5.74, 6) is 0.277. The minimum atomic E-state index is -4.23. The van der Waals surface area contributed by atoms with Crippen LogP contribution >= 0.6 is 11.8 Å². The maximum Gasteiger partial charge on any atom is 0.441 e. The summed E-state index contributed by atoms with van der Waals surface area (Å²) in [6.07, 6.45) is 0. The van der Waals surface area contributed by atoms with Gasteiger partial charge in [-0.3, -0.25) is 0 Å². The van der Waals surface area contributed by atoms with E-state index in [9.17, 15) is 13.2 Å². The molecule has 0 amide bonds. The van der Waals surface area contributed by atoms with Gasteiger partial charge in [0.2, 0.25) is 0 Å². The molecule has 0 unspecified atom stereocenters. The van der Waals surface area contributed by atoms with Crippen LogP contribution < -0.4 is 4.74 Å². The fourth-order valence-electron chi connectivity index (χ4n) is 1.19. The number of nitrogens with zero attached hydrogens (tertiary/aromatic N) is 1. The Balaban J connectivity index is 2.48. The van der Waals surface area contributed by atoms with E-state index in [1.54, 1.807) is 31.2 Å². The first-order valence-electron chi connectivity index (χ1n) is 5.05. The molecular formula is C11H12F3NO2S. The number of alkyl halides is 3. The van der Waals surface area contributed by atoms with Crippen LogP contribution in [0.1, 0.15) is 12.5 Å². The molecule has 0 aromatic heterocycles. The third-order valence-corrected chi connectivity index (χ3v) is 2.72. The van der Waals surface area contributed by atoms with Gasteiger partial charge in [-0.25, -0.2) is 0 Å². The molecule has 0 fully saturated rings. The van der Waals surface area contributed by atoms with Crippen molar-refractivity contribution in [3.63, 3.8) is 0 Å². The second-order valence-corrected chi connectivity index (χ2v) is 4.52. The Bertz CT molecular complexity index is 421. The summed E-state index contributed by atoms with van der Waals surface area (Å²) in [5, 5.41) is 11.6. The quantitative estimate of drug-likeness (QED) is 0.388. The lowest BCUT2D eigenvalue weighted by molar-refractivity contribution is -0.0329. The van der Waals surface area contributed by atoms with Crippen molar-refractivity contribution < 1.29 is 23.1 Å². The largest absolute Gasteiger partial charge is 0.493 e. The van der Waals surface area contributed by atoms with Crippen LogP contribution in [-0.4, -0.2) is 28.8 Å². The molecule has 0 aliphatic carbocycles. The van der Waals surface area contributed by atoms with Gasteiger partial charge in [0.1, 0.15) is 5.75 Å². The van der Waals surface area contributed by atoms with Crippen molar-refractivity contribution in [2.75, 3.05) is 12.4 Å². The lowest BCUT2D eigenvalue weighted by atomic mass is 10.1. The molecule has 1 N–H and O–H groups in total. The maximum absolute atomic E-state index is 11.9. The molecule has 7 heteroatoms. The molecule has 0 aliphatic rings. The lowest BCUT2D eigenvalue weighted by Crippen LogP contribution is -2.07. The van der Waals surface area contributed by atoms with Crippen LogP contribution in [0, 0.1) is 0 Å². The highest BCUT2D eigenvalue weighted by molar-refractivity contribution is 8.00. The van der Waals surface area contributed by atoms with Gasteiger partial charge in [0, 0.05) is 11.3 Å². The number of halogens is 3. The number of thioether (sulfide) groups is 1. The van der Waals surface area contributed by atoms with Crippen LogP contribution in [0.15, 0.2) is 29.4 Å². The van der Waals surface area contributed by atoms with Gasteiger partial charge >= 0.3 is 5.51 Å². The predicted octanol–water partition coefficient (Wildman–Crippen LogP) is 3.52. The Morgan fingerprint density at radius 2 is 2.17 bits per heavy atom. The van der Waals surface area contributed by atoms with Gasteiger partial charge in [-0.2, -0.15) is 13.2 Å². The number of benzene rings is 1. The fourth-order valence-corrected chi connectivity index (χ4v) is 1.58. The second-order valence-electron chi connectivity index (χ2n) is 3.36. The molecule has 1 aromatic rings. The molecule has 1 aromatic carbocycles. The molecule has 3 nitrogen and oxygen atoms in total. The highest BCUT2D eigenvalue weighted by atomic mass is 32.2. The van der Waals surface area contributed by atoms with Gasteiger partial charge in [0.05, 0.1) is 12.3 Å². The molecule has 0 radical (unpaired) electrons. The van der Waals surface area contributed by atoms with Gasteiger partial charge in [0.15, 0.2) is 0 Å². The first-order chi connectivity index (χ1) is 8.42. The first-order valence-corrected chi connectivity index (χ1v) is 6.03. The zero-order valence-corrected chi connectivity index (χ0v) is 10.4. The number of hydrogen-bond donors (Lipinski definition) is 1. The van der Waals surface area contributed by atoms with E-state index >= 15 is 0 Å². The van der Waals surface area contributed by atoms with E-state index in [-0.39, 0.29) is 24.1 Å². The van der Waals surface area contributed by atoms with Crippen LogP contribution in [0.3, 0.4) is 0 Å². The zero-order valence-electron chi connectivity index (χ0n) is 9.57. The number of oxime groups is 1. The highest BCUT2D eigenvalue weighted by Gasteiger charge is 2.27. The fraction of sp³-hybridized carbons (Fsp3) is 0.364. The normalized spacial score (nSPS) is 12.6. The minimum Gasteiger partial charge on any atom is -0.493 e. The summed E-state index contributed by atoms with van der Waals surface area (Å²) in [5.41, 5.74) is -3.17. The van der Waals surface area contributed by atoms with E-state index in [4.69, 9.17) is 9.94 Å². The van der Waals surface area contributed by atoms with Crippen LogP contribution in [0.2, 0.25) is 0 Å². The minimum absolute atomic E-state index is 0.0387. The lowest BCUT2D eigenvalue weighted by Gasteiger charge is -2.08. The maximum atomic E-state index is 11.9. The van der Waals surface area contributed by atoms with E-state index in [2.05, 4.69) is 5.16 Å². The molecule has 0 saturated carbocycles. The van der Waals surface area contributed by atoms with Gasteiger partial charge in [0.25, 0.3) is 0 Å². The van der Waals surface area contributed by atoms with Crippen molar-refractivity contribution in [1.29, 1.82) is 0 Å². The summed E-state index contributed by atoms with van der Waals surface area (Å²) < 4.78 is 40.8. The van der Waals surface area contributed by atoms with Crippen molar-refractivity contribution in [2.24, 2.45) is 5.16 Å². The van der Waals surface area contributed by atoms with Crippen LogP contribution in [0.4, 0.5) is 13.2 Å². The third-order valence-electron chi connectivity index (χ3n) is 2.02. The predicted molar refractivity (Wildman–Crippen MR) is 64.4 cm³/mol. The van der Waals surface area contributed by atoms with Crippen molar-refractivity contribution in [3.8, 4) is 5.75 Å². The average Bonchev–Trinajstić information content (AvgIpc) is 2.33. The summed E-state index contributed by atoms with van der Waals surface area (Å²) in [4.78, 5) is 0. The molecule has 0 saturated heterocycles. The van der Waals surface area contributed by atoms with Crippen LogP contribution in [0.25, 0.3) is 0 Å². The SMILES string of the molecule is C/C(=N/O)c1cccc(OCCSC(F)(F)F)c1. The Labute approximate surface area is 107 Å². The Kier molecular flexibility index (Phi) is 5.33. The van der Waals surface area contributed by atoms with Crippen LogP contribution in [-0.2, 0) is 0 Å². The van der Waals surface area contributed by atoms with Gasteiger partial charge in [-0.05, 0) is 30.8 Å². The molecule has 18 heavy (non-hydrogen) atoms. The van der Waals surface area contributed by atoms with Gasteiger partial charge < -0.3 is 9.94 Å². The van der Waals surface area contributed by atoms with E-state index in [0.29, 0.717) is 17.0 Å². The summed E-state index contributed by atoms with van der Waals surface area (Å²) >= 11 is -0.121. The van der Waals surface area contributed by atoms with E-state index in [1.165, 1.54) is 0 Å². The third kappa shape index (κ3) is 5.31. The molecule has 0 heterocycles. The average molecular weight is 279 g/mol. The number of hydrogen-bond acceptors (Lipinski definition) is 4. The van der Waals surface area contributed by atoms with E-state index in [1.807, 2.05) is 0 Å². The van der Waals surface area contributed by atoms with Crippen molar-refractivity contribution in [1.82, 2.24) is 0 Å². The van der Waals surface area contributed by atoms with Crippen molar-refractivity contribution in [3.05, 3.63) is 29.8 Å². The second kappa shape index (κ2) is 6.53. The molecule has 0 spiro atoms. The summed E-state index contributed by atoms with van der Waals surface area (Å²) in [6, 6.07) is 6.63. The number of rotatable bonds is 5. The molecule has 0 atom stereocenters. The standard InChI is InChI=1S/C11H12F3NO2S/c1-8(15-16)9-3-2-4-10(7-9)17-5-6-18-11(12,13)14/h2-4,7,16H,5-6H2,1H3/b15-8-. The molecule has 0 bridgehead atoms.